The number of fused-ring (bicyclic) bond motifs is 1. The zero-order valence-electron chi connectivity index (χ0n) is 12.2. The molecular formula is C17H22ClNO2. The second kappa shape index (κ2) is 5.69. The predicted octanol–water partition coefficient (Wildman–Crippen LogP) is 3.64. The molecule has 0 radical (unpaired) electrons. The Morgan fingerprint density at radius 1 is 1.10 bits per heavy atom. The lowest BCUT2D eigenvalue weighted by Crippen LogP contribution is -2.25. The first-order valence-electron chi connectivity index (χ1n) is 8.10. The molecule has 1 aromatic rings. The van der Waals surface area contributed by atoms with Gasteiger partial charge in [0, 0.05) is 6.54 Å². The van der Waals surface area contributed by atoms with Crippen LogP contribution >= 0.6 is 11.6 Å². The monoisotopic (exact) mass is 307 g/mol. The summed E-state index contributed by atoms with van der Waals surface area (Å²) in [5.74, 6) is 4.37. The molecule has 1 aliphatic heterocycles. The molecule has 0 bridgehead atoms. The van der Waals surface area contributed by atoms with Gasteiger partial charge in [-0.1, -0.05) is 11.6 Å². The van der Waals surface area contributed by atoms with Crippen LogP contribution in [0.5, 0.6) is 11.5 Å². The number of benzene rings is 1. The summed E-state index contributed by atoms with van der Waals surface area (Å²) in [5.41, 5.74) is 1.18. The Morgan fingerprint density at radius 3 is 2.52 bits per heavy atom. The van der Waals surface area contributed by atoms with Gasteiger partial charge < -0.3 is 14.8 Å². The second-order valence-corrected chi connectivity index (χ2v) is 6.98. The van der Waals surface area contributed by atoms with Crippen molar-refractivity contribution in [3.8, 4) is 11.5 Å². The minimum absolute atomic E-state index is 0.578. The summed E-state index contributed by atoms with van der Waals surface area (Å²) in [6.45, 7) is 3.17. The minimum atomic E-state index is 0.578. The number of nitrogens with one attached hydrogen (secondary N) is 1. The molecule has 2 fully saturated rings. The molecule has 0 saturated heterocycles. The van der Waals surface area contributed by atoms with E-state index in [9.17, 15) is 0 Å². The van der Waals surface area contributed by atoms with Gasteiger partial charge in [0.05, 0.1) is 5.02 Å². The van der Waals surface area contributed by atoms with Crippen molar-refractivity contribution in [1.82, 2.24) is 5.32 Å². The maximum Gasteiger partial charge on any atom is 0.179 e. The molecular weight excluding hydrogens is 286 g/mol. The van der Waals surface area contributed by atoms with E-state index in [1.54, 1.807) is 0 Å². The molecule has 1 N–H and O–H groups in total. The molecule has 4 rings (SSSR count). The molecule has 3 nitrogen and oxygen atoms in total. The van der Waals surface area contributed by atoms with E-state index in [2.05, 4.69) is 11.4 Å². The maximum absolute atomic E-state index is 6.28. The van der Waals surface area contributed by atoms with Crippen LogP contribution in [-0.2, 0) is 6.54 Å². The summed E-state index contributed by atoms with van der Waals surface area (Å²) in [5, 5.41) is 4.28. The Kier molecular flexibility index (Phi) is 3.72. The molecule has 0 spiro atoms. The van der Waals surface area contributed by atoms with Crippen LogP contribution < -0.4 is 14.8 Å². The molecule has 1 aromatic carbocycles. The first kappa shape index (κ1) is 13.7. The molecule has 1 heterocycles. The average molecular weight is 308 g/mol. The van der Waals surface area contributed by atoms with Crippen molar-refractivity contribution in [3.63, 3.8) is 0 Å². The highest BCUT2D eigenvalue weighted by Crippen LogP contribution is 2.48. The van der Waals surface area contributed by atoms with Gasteiger partial charge in [-0.25, -0.2) is 0 Å². The van der Waals surface area contributed by atoms with E-state index in [-0.39, 0.29) is 0 Å². The number of rotatable bonds is 6. The van der Waals surface area contributed by atoms with Gasteiger partial charge in [-0.2, -0.15) is 0 Å². The van der Waals surface area contributed by atoms with E-state index in [0.717, 1.165) is 36.6 Å². The zero-order chi connectivity index (χ0) is 14.2. The SMILES string of the molecule is Clc1cc(CNCC(C2CC2)C2CC2)cc2c1OCCO2. The molecule has 114 valence electrons. The predicted molar refractivity (Wildman–Crippen MR) is 83.1 cm³/mol. The molecule has 21 heavy (non-hydrogen) atoms. The lowest BCUT2D eigenvalue weighted by atomic mass is 9.98. The Bertz CT molecular complexity index is 514. The van der Waals surface area contributed by atoms with Crippen LogP contribution in [0.2, 0.25) is 5.02 Å². The van der Waals surface area contributed by atoms with Gasteiger partial charge in [-0.3, -0.25) is 0 Å². The second-order valence-electron chi connectivity index (χ2n) is 6.57. The smallest absolute Gasteiger partial charge is 0.179 e. The van der Waals surface area contributed by atoms with E-state index < -0.39 is 0 Å². The fourth-order valence-corrected chi connectivity index (χ4v) is 3.70. The van der Waals surface area contributed by atoms with Crippen molar-refractivity contribution in [2.24, 2.45) is 17.8 Å². The van der Waals surface area contributed by atoms with Crippen LogP contribution in [0, 0.1) is 17.8 Å². The van der Waals surface area contributed by atoms with Crippen LogP contribution in [0.25, 0.3) is 0 Å². The van der Waals surface area contributed by atoms with Crippen LogP contribution in [0.15, 0.2) is 12.1 Å². The number of hydrogen-bond acceptors (Lipinski definition) is 3. The lowest BCUT2D eigenvalue weighted by molar-refractivity contribution is 0.171. The van der Waals surface area contributed by atoms with Gasteiger partial charge >= 0.3 is 0 Å². The normalized spacial score (nSPS) is 20.9. The molecule has 0 amide bonds. The fourth-order valence-electron chi connectivity index (χ4n) is 3.42. The zero-order valence-corrected chi connectivity index (χ0v) is 13.0. The highest BCUT2D eigenvalue weighted by atomic mass is 35.5. The van der Waals surface area contributed by atoms with E-state index >= 15 is 0 Å². The quantitative estimate of drug-likeness (QED) is 0.870. The number of hydrogen-bond donors (Lipinski definition) is 1. The van der Waals surface area contributed by atoms with Gasteiger partial charge in [0.1, 0.15) is 13.2 Å². The number of halogens is 1. The molecule has 4 heteroatoms. The van der Waals surface area contributed by atoms with Gasteiger partial charge in [-0.05, 0) is 67.7 Å². The van der Waals surface area contributed by atoms with E-state index in [0.29, 0.717) is 24.0 Å². The minimum Gasteiger partial charge on any atom is -0.486 e. The maximum atomic E-state index is 6.28. The number of ether oxygens (including phenoxy) is 2. The first-order valence-corrected chi connectivity index (χ1v) is 8.48. The van der Waals surface area contributed by atoms with Crippen molar-refractivity contribution in [2.45, 2.75) is 32.2 Å². The third-order valence-corrected chi connectivity index (χ3v) is 5.10. The highest BCUT2D eigenvalue weighted by Gasteiger charge is 2.40. The molecule has 3 aliphatic rings. The van der Waals surface area contributed by atoms with Crippen molar-refractivity contribution in [1.29, 1.82) is 0 Å². The van der Waals surface area contributed by atoms with Gasteiger partial charge in [0.25, 0.3) is 0 Å². The summed E-state index contributed by atoms with van der Waals surface area (Å²) in [4.78, 5) is 0. The summed E-state index contributed by atoms with van der Waals surface area (Å²) >= 11 is 6.28. The van der Waals surface area contributed by atoms with E-state index in [4.69, 9.17) is 21.1 Å². The van der Waals surface area contributed by atoms with Crippen molar-refractivity contribution >= 4 is 11.6 Å². The molecule has 0 atom stereocenters. The van der Waals surface area contributed by atoms with Crippen molar-refractivity contribution in [2.75, 3.05) is 19.8 Å². The van der Waals surface area contributed by atoms with Crippen LogP contribution in [-0.4, -0.2) is 19.8 Å². The lowest BCUT2D eigenvalue weighted by Gasteiger charge is -2.21. The van der Waals surface area contributed by atoms with Crippen molar-refractivity contribution in [3.05, 3.63) is 22.7 Å². The molecule has 0 unspecified atom stereocenters. The third kappa shape index (κ3) is 3.14. The highest BCUT2D eigenvalue weighted by molar-refractivity contribution is 6.32. The Balaban J connectivity index is 1.37. The average Bonchev–Trinajstić information content (AvgIpc) is 3.37. The van der Waals surface area contributed by atoms with Gasteiger partial charge in [-0.15, -0.1) is 0 Å². The van der Waals surface area contributed by atoms with Crippen LogP contribution in [0.1, 0.15) is 31.2 Å². The summed E-state index contributed by atoms with van der Waals surface area (Å²) in [7, 11) is 0. The van der Waals surface area contributed by atoms with Crippen LogP contribution in [0.4, 0.5) is 0 Å². The largest absolute Gasteiger partial charge is 0.486 e. The Labute approximate surface area is 131 Å². The van der Waals surface area contributed by atoms with E-state index in [1.165, 1.54) is 31.2 Å². The van der Waals surface area contributed by atoms with Crippen LogP contribution in [0.3, 0.4) is 0 Å². The standard InChI is InChI=1S/C17H22ClNO2/c18-15-7-11(8-16-17(15)21-6-5-20-16)9-19-10-14(12-1-2-12)13-3-4-13/h7-8,12-14,19H,1-6,9-10H2. The summed E-state index contributed by atoms with van der Waals surface area (Å²) in [6.07, 6.45) is 5.77. The van der Waals surface area contributed by atoms with Gasteiger partial charge in [0.15, 0.2) is 11.5 Å². The Hall–Kier alpha value is -0.930. The first-order chi connectivity index (χ1) is 10.3. The molecule has 0 aromatic heterocycles. The molecule has 2 saturated carbocycles. The Morgan fingerprint density at radius 2 is 1.81 bits per heavy atom. The van der Waals surface area contributed by atoms with Gasteiger partial charge in [0.2, 0.25) is 0 Å². The summed E-state index contributed by atoms with van der Waals surface area (Å²) in [6, 6.07) is 4.04. The third-order valence-electron chi connectivity index (χ3n) is 4.82. The molecule has 2 aliphatic carbocycles. The topological polar surface area (TPSA) is 30.5 Å². The van der Waals surface area contributed by atoms with E-state index in [1.807, 2.05) is 6.07 Å². The van der Waals surface area contributed by atoms with Crippen molar-refractivity contribution < 1.29 is 9.47 Å². The summed E-state index contributed by atoms with van der Waals surface area (Å²) < 4.78 is 11.2. The fraction of sp³-hybridized carbons (Fsp3) is 0.647.